The minimum absolute atomic E-state index is 0.151. The lowest BCUT2D eigenvalue weighted by molar-refractivity contribution is 0.659. The minimum atomic E-state index is 0.151. The summed E-state index contributed by atoms with van der Waals surface area (Å²) in [5.74, 6) is 0. The van der Waals surface area contributed by atoms with E-state index in [2.05, 4.69) is 65.0 Å². The van der Waals surface area contributed by atoms with E-state index in [4.69, 9.17) is 0 Å². The number of aryl methyl sites for hydroxylation is 1. The Hall–Kier alpha value is -1.30. The molecule has 0 heterocycles. The lowest BCUT2D eigenvalue weighted by Crippen LogP contribution is -2.15. The van der Waals surface area contributed by atoms with E-state index in [1.807, 2.05) is 0 Å². The second kappa shape index (κ2) is 3.62. The highest BCUT2D eigenvalue weighted by Crippen LogP contribution is 2.49. The molecule has 0 saturated carbocycles. The highest BCUT2D eigenvalue weighted by Gasteiger charge is 2.36. The van der Waals surface area contributed by atoms with Crippen LogP contribution in [0.3, 0.4) is 0 Å². The summed E-state index contributed by atoms with van der Waals surface area (Å²) in [5, 5.41) is 0. The summed E-state index contributed by atoms with van der Waals surface area (Å²) < 4.78 is 0. The maximum absolute atomic E-state index is 2.33. The molecule has 0 radical (unpaired) electrons. The maximum atomic E-state index is 2.33. The molecule has 16 heavy (non-hydrogen) atoms. The zero-order valence-electron chi connectivity index (χ0n) is 10.9. The fraction of sp³-hybridized carbons (Fsp3) is 0.375. The van der Waals surface area contributed by atoms with Gasteiger partial charge >= 0.3 is 0 Å². The van der Waals surface area contributed by atoms with Crippen LogP contribution in [0.1, 0.15) is 44.4 Å². The van der Waals surface area contributed by atoms with E-state index in [1.165, 1.54) is 27.8 Å². The van der Waals surface area contributed by atoms with Crippen molar-refractivity contribution in [2.24, 2.45) is 0 Å². The molecule has 0 aromatic heterocycles. The van der Waals surface area contributed by atoms with Crippen LogP contribution in [0.25, 0.3) is 5.57 Å². The Balaban J connectivity index is 2.78. The first-order valence-electron chi connectivity index (χ1n) is 5.97. The molecule has 1 aliphatic carbocycles. The molecule has 84 valence electrons. The van der Waals surface area contributed by atoms with Crippen LogP contribution in [-0.2, 0) is 5.41 Å². The Morgan fingerprint density at radius 2 is 1.75 bits per heavy atom. The van der Waals surface area contributed by atoms with Gasteiger partial charge in [-0.1, -0.05) is 49.8 Å². The molecular weight excluding hydrogens is 192 g/mol. The molecule has 0 saturated heterocycles. The molecule has 0 spiro atoms. The summed E-state index contributed by atoms with van der Waals surface area (Å²) in [6.07, 6.45) is 4.49. The van der Waals surface area contributed by atoms with Crippen molar-refractivity contribution in [3.05, 3.63) is 52.6 Å². The van der Waals surface area contributed by atoms with Gasteiger partial charge in [0, 0.05) is 5.41 Å². The third-order valence-corrected chi connectivity index (χ3v) is 3.68. The summed E-state index contributed by atoms with van der Waals surface area (Å²) in [6.45, 7) is 11.1. The van der Waals surface area contributed by atoms with Crippen LogP contribution in [0.2, 0.25) is 0 Å². The Bertz CT molecular complexity index is 485. The van der Waals surface area contributed by atoms with Gasteiger partial charge in [-0.05, 0) is 43.0 Å². The van der Waals surface area contributed by atoms with E-state index in [0.29, 0.717) is 0 Å². The van der Waals surface area contributed by atoms with Crippen molar-refractivity contribution in [1.29, 1.82) is 0 Å². The van der Waals surface area contributed by atoms with E-state index in [9.17, 15) is 0 Å². The van der Waals surface area contributed by atoms with Gasteiger partial charge in [0.1, 0.15) is 0 Å². The maximum Gasteiger partial charge on any atom is 0.0155 e. The van der Waals surface area contributed by atoms with Crippen molar-refractivity contribution in [1.82, 2.24) is 0 Å². The molecule has 0 bridgehead atoms. The fourth-order valence-electron chi connectivity index (χ4n) is 2.86. The third kappa shape index (κ3) is 1.36. The van der Waals surface area contributed by atoms with E-state index in [-0.39, 0.29) is 5.41 Å². The number of rotatable bonds is 0. The zero-order valence-corrected chi connectivity index (χ0v) is 10.9. The second-order valence-electron chi connectivity index (χ2n) is 5.08. The van der Waals surface area contributed by atoms with E-state index in [0.717, 1.165) is 0 Å². The van der Waals surface area contributed by atoms with Crippen LogP contribution in [0, 0.1) is 6.92 Å². The largest absolute Gasteiger partial charge is 0.0829 e. The molecule has 1 aromatic rings. The highest BCUT2D eigenvalue weighted by molar-refractivity contribution is 5.89. The van der Waals surface area contributed by atoms with Gasteiger partial charge in [0.25, 0.3) is 0 Å². The topological polar surface area (TPSA) is 0 Å². The molecule has 0 heteroatoms. The average Bonchev–Trinajstić information content (AvgIpc) is 2.46. The van der Waals surface area contributed by atoms with E-state index >= 15 is 0 Å². The summed E-state index contributed by atoms with van der Waals surface area (Å²) in [5.41, 5.74) is 7.23. The summed E-state index contributed by atoms with van der Waals surface area (Å²) in [4.78, 5) is 0. The molecule has 1 aliphatic rings. The van der Waals surface area contributed by atoms with Crippen molar-refractivity contribution in [3.63, 3.8) is 0 Å². The summed E-state index contributed by atoms with van der Waals surface area (Å²) in [7, 11) is 0. The van der Waals surface area contributed by atoms with Crippen LogP contribution < -0.4 is 0 Å². The Kier molecular flexibility index (Phi) is 2.53. The van der Waals surface area contributed by atoms with Crippen molar-refractivity contribution in [3.8, 4) is 0 Å². The van der Waals surface area contributed by atoms with Gasteiger partial charge in [0.05, 0.1) is 0 Å². The monoisotopic (exact) mass is 212 g/mol. The lowest BCUT2D eigenvalue weighted by atomic mass is 9.82. The Morgan fingerprint density at radius 3 is 2.31 bits per heavy atom. The first-order chi connectivity index (χ1) is 7.52. The van der Waals surface area contributed by atoms with Crippen LogP contribution in [0.5, 0.6) is 0 Å². The number of allylic oxidation sites excluding steroid dienone is 4. The summed E-state index contributed by atoms with van der Waals surface area (Å²) in [6, 6.07) is 6.80. The van der Waals surface area contributed by atoms with Crippen LogP contribution in [0.15, 0.2) is 35.9 Å². The predicted molar refractivity (Wildman–Crippen MR) is 71.6 cm³/mol. The molecule has 0 unspecified atom stereocenters. The predicted octanol–water partition coefficient (Wildman–Crippen LogP) is 4.64. The molecular formula is C16H20. The number of fused-ring (bicyclic) bond motifs is 1. The highest BCUT2D eigenvalue weighted by atomic mass is 14.4. The van der Waals surface area contributed by atoms with Gasteiger partial charge in [-0.3, -0.25) is 0 Å². The quantitative estimate of drug-likeness (QED) is 0.588. The first kappa shape index (κ1) is 11.2. The molecule has 0 aliphatic heterocycles. The van der Waals surface area contributed by atoms with Gasteiger partial charge in [0.2, 0.25) is 0 Å². The van der Waals surface area contributed by atoms with Crippen LogP contribution in [0.4, 0.5) is 0 Å². The molecule has 0 fully saturated rings. The lowest BCUT2D eigenvalue weighted by Gasteiger charge is -2.22. The van der Waals surface area contributed by atoms with E-state index < -0.39 is 0 Å². The molecule has 0 amide bonds. The molecule has 0 atom stereocenters. The van der Waals surface area contributed by atoms with Gasteiger partial charge in [0.15, 0.2) is 0 Å². The molecule has 2 rings (SSSR count). The minimum Gasteiger partial charge on any atom is -0.0829 e. The zero-order chi connectivity index (χ0) is 11.9. The smallest absolute Gasteiger partial charge is 0.0155 e. The second-order valence-corrected chi connectivity index (χ2v) is 5.08. The molecule has 0 nitrogen and oxygen atoms in total. The number of hydrogen-bond donors (Lipinski definition) is 0. The first-order valence-corrected chi connectivity index (χ1v) is 5.97. The van der Waals surface area contributed by atoms with Gasteiger partial charge in [-0.2, -0.15) is 0 Å². The van der Waals surface area contributed by atoms with Crippen LogP contribution >= 0.6 is 0 Å². The van der Waals surface area contributed by atoms with Gasteiger partial charge < -0.3 is 0 Å². The third-order valence-electron chi connectivity index (χ3n) is 3.68. The van der Waals surface area contributed by atoms with Gasteiger partial charge in [-0.15, -0.1) is 0 Å². The van der Waals surface area contributed by atoms with Gasteiger partial charge in [-0.25, -0.2) is 0 Å². The Morgan fingerprint density at radius 1 is 1.06 bits per heavy atom. The van der Waals surface area contributed by atoms with Crippen molar-refractivity contribution in [2.45, 2.75) is 40.0 Å². The van der Waals surface area contributed by atoms with Crippen molar-refractivity contribution < 1.29 is 0 Å². The van der Waals surface area contributed by atoms with Crippen molar-refractivity contribution in [2.75, 3.05) is 0 Å². The van der Waals surface area contributed by atoms with Crippen molar-refractivity contribution >= 4 is 5.57 Å². The standard InChI is InChI=1S/C16H20/c1-6-12-13-9-8-11(3)10-15(13)16(4,5)14(12)7-2/h6-10H,1-5H3. The SMILES string of the molecule is CC=C1C(=CC)C(C)(C)c2cc(C)ccc21. The Labute approximate surface area is 98.7 Å². The van der Waals surface area contributed by atoms with E-state index in [1.54, 1.807) is 0 Å². The molecule has 0 N–H and O–H groups in total. The normalized spacial score (nSPS) is 22.8. The summed E-state index contributed by atoms with van der Waals surface area (Å²) >= 11 is 0. The van der Waals surface area contributed by atoms with Crippen LogP contribution in [-0.4, -0.2) is 0 Å². The number of benzene rings is 1. The number of hydrogen-bond acceptors (Lipinski definition) is 0. The fourth-order valence-corrected chi connectivity index (χ4v) is 2.86. The molecule has 1 aromatic carbocycles. The average molecular weight is 212 g/mol.